The standard InChI is InChI=1S/C10H11N3O2/c1-6(2)8-3-4-11-10-12-7(9(14)15)5-13(8)10/h3-6H,1-2H3,(H,14,15). The highest BCUT2D eigenvalue weighted by molar-refractivity contribution is 5.85. The molecule has 0 aliphatic rings. The van der Waals surface area contributed by atoms with Gasteiger partial charge in [-0.25, -0.2) is 14.8 Å². The number of hydrogen-bond acceptors (Lipinski definition) is 3. The zero-order valence-corrected chi connectivity index (χ0v) is 8.51. The van der Waals surface area contributed by atoms with E-state index in [-0.39, 0.29) is 5.69 Å². The van der Waals surface area contributed by atoms with Crippen molar-refractivity contribution in [1.82, 2.24) is 14.4 Å². The van der Waals surface area contributed by atoms with Crippen LogP contribution in [0, 0.1) is 0 Å². The van der Waals surface area contributed by atoms with Crippen molar-refractivity contribution in [3.63, 3.8) is 0 Å². The summed E-state index contributed by atoms with van der Waals surface area (Å²) in [6, 6.07) is 1.87. The van der Waals surface area contributed by atoms with E-state index in [1.165, 1.54) is 6.20 Å². The maximum absolute atomic E-state index is 10.7. The molecule has 0 bridgehead atoms. The molecule has 2 aromatic rings. The summed E-state index contributed by atoms with van der Waals surface area (Å²) in [6.45, 7) is 4.07. The predicted molar refractivity (Wildman–Crippen MR) is 54.0 cm³/mol. The van der Waals surface area contributed by atoms with E-state index in [9.17, 15) is 4.79 Å². The van der Waals surface area contributed by atoms with Gasteiger partial charge in [0.2, 0.25) is 5.78 Å². The highest BCUT2D eigenvalue weighted by Gasteiger charge is 2.12. The molecule has 2 aromatic heterocycles. The van der Waals surface area contributed by atoms with Crippen LogP contribution >= 0.6 is 0 Å². The van der Waals surface area contributed by atoms with Gasteiger partial charge in [-0.1, -0.05) is 13.8 Å². The van der Waals surface area contributed by atoms with Crippen LogP contribution < -0.4 is 0 Å². The smallest absolute Gasteiger partial charge is 0.356 e. The molecule has 2 heterocycles. The summed E-state index contributed by atoms with van der Waals surface area (Å²) in [5, 5.41) is 8.81. The number of carboxylic acid groups (broad SMARTS) is 1. The number of rotatable bonds is 2. The van der Waals surface area contributed by atoms with Crippen LogP contribution in [0.3, 0.4) is 0 Å². The van der Waals surface area contributed by atoms with Gasteiger partial charge in [0.15, 0.2) is 5.69 Å². The van der Waals surface area contributed by atoms with E-state index in [1.54, 1.807) is 10.6 Å². The molecule has 0 saturated carbocycles. The third-order valence-corrected chi connectivity index (χ3v) is 2.21. The van der Waals surface area contributed by atoms with Crippen LogP contribution in [0.5, 0.6) is 0 Å². The van der Waals surface area contributed by atoms with Gasteiger partial charge in [-0.05, 0) is 12.0 Å². The van der Waals surface area contributed by atoms with E-state index in [1.807, 2.05) is 19.9 Å². The molecular formula is C10H11N3O2. The molecule has 0 aromatic carbocycles. The molecule has 0 spiro atoms. The second-order valence-electron chi connectivity index (χ2n) is 3.63. The normalized spacial score (nSPS) is 11.1. The molecule has 0 aliphatic heterocycles. The molecule has 15 heavy (non-hydrogen) atoms. The number of aromatic carboxylic acids is 1. The number of carboxylic acids is 1. The van der Waals surface area contributed by atoms with Crippen molar-refractivity contribution in [1.29, 1.82) is 0 Å². The third-order valence-electron chi connectivity index (χ3n) is 2.21. The summed E-state index contributed by atoms with van der Waals surface area (Å²) in [4.78, 5) is 18.7. The first-order valence-electron chi connectivity index (χ1n) is 4.67. The molecule has 0 amide bonds. The van der Waals surface area contributed by atoms with Crippen molar-refractivity contribution in [2.24, 2.45) is 0 Å². The van der Waals surface area contributed by atoms with Crippen LogP contribution in [-0.2, 0) is 0 Å². The molecule has 0 fully saturated rings. The Labute approximate surface area is 86.4 Å². The van der Waals surface area contributed by atoms with E-state index in [2.05, 4.69) is 9.97 Å². The van der Waals surface area contributed by atoms with Crippen molar-refractivity contribution < 1.29 is 9.90 Å². The topological polar surface area (TPSA) is 67.5 Å². The first kappa shape index (κ1) is 9.64. The fourth-order valence-electron chi connectivity index (χ4n) is 1.49. The molecule has 1 N–H and O–H groups in total. The number of nitrogens with zero attached hydrogens (tertiary/aromatic N) is 3. The summed E-state index contributed by atoms with van der Waals surface area (Å²) in [5.41, 5.74) is 1.02. The van der Waals surface area contributed by atoms with Crippen molar-refractivity contribution in [2.75, 3.05) is 0 Å². The number of hydrogen-bond donors (Lipinski definition) is 1. The number of aromatic nitrogens is 3. The lowest BCUT2D eigenvalue weighted by Gasteiger charge is -2.06. The molecule has 0 aliphatic carbocycles. The summed E-state index contributed by atoms with van der Waals surface area (Å²) in [5.74, 6) is -0.305. The lowest BCUT2D eigenvalue weighted by molar-refractivity contribution is 0.0691. The average molecular weight is 205 g/mol. The quantitative estimate of drug-likeness (QED) is 0.807. The van der Waals surface area contributed by atoms with Gasteiger partial charge in [-0.2, -0.15) is 0 Å². The number of carbonyl (C=O) groups is 1. The van der Waals surface area contributed by atoms with Crippen LogP contribution in [0.2, 0.25) is 0 Å². The Morgan fingerprint density at radius 1 is 1.53 bits per heavy atom. The molecule has 2 rings (SSSR count). The Morgan fingerprint density at radius 3 is 2.87 bits per heavy atom. The first-order valence-corrected chi connectivity index (χ1v) is 4.67. The van der Waals surface area contributed by atoms with Gasteiger partial charge in [0.05, 0.1) is 0 Å². The van der Waals surface area contributed by atoms with E-state index in [4.69, 9.17) is 5.11 Å². The predicted octanol–water partition coefficient (Wildman–Crippen LogP) is 1.55. The van der Waals surface area contributed by atoms with Gasteiger partial charge >= 0.3 is 5.97 Å². The fourth-order valence-corrected chi connectivity index (χ4v) is 1.49. The second-order valence-corrected chi connectivity index (χ2v) is 3.63. The SMILES string of the molecule is CC(C)c1ccnc2nc(C(=O)O)cn12. The van der Waals surface area contributed by atoms with E-state index >= 15 is 0 Å². The minimum atomic E-state index is -1.03. The van der Waals surface area contributed by atoms with Crippen LogP contribution in [-0.4, -0.2) is 25.4 Å². The minimum Gasteiger partial charge on any atom is -0.476 e. The van der Waals surface area contributed by atoms with Gasteiger partial charge in [0.25, 0.3) is 0 Å². The Balaban J connectivity index is 2.69. The second kappa shape index (κ2) is 3.34. The largest absolute Gasteiger partial charge is 0.476 e. The lowest BCUT2D eigenvalue weighted by Crippen LogP contribution is -1.99. The van der Waals surface area contributed by atoms with E-state index < -0.39 is 5.97 Å². The summed E-state index contributed by atoms with van der Waals surface area (Å²) in [7, 11) is 0. The van der Waals surface area contributed by atoms with Crippen LogP contribution in [0.4, 0.5) is 0 Å². The van der Waals surface area contributed by atoms with Gasteiger partial charge in [0.1, 0.15) is 0 Å². The zero-order valence-electron chi connectivity index (χ0n) is 8.51. The number of imidazole rings is 1. The Bertz CT molecular complexity index is 516. The summed E-state index contributed by atoms with van der Waals surface area (Å²) in [6.07, 6.45) is 3.14. The molecule has 0 atom stereocenters. The highest BCUT2D eigenvalue weighted by atomic mass is 16.4. The monoisotopic (exact) mass is 205 g/mol. The fraction of sp³-hybridized carbons (Fsp3) is 0.300. The molecule has 0 saturated heterocycles. The van der Waals surface area contributed by atoms with Crippen molar-refractivity contribution in [3.8, 4) is 0 Å². The molecule has 0 radical (unpaired) electrons. The average Bonchev–Trinajstić information content (AvgIpc) is 2.60. The molecule has 78 valence electrons. The first-order chi connectivity index (χ1) is 7.09. The molecule has 0 unspecified atom stereocenters. The van der Waals surface area contributed by atoms with Crippen molar-refractivity contribution in [3.05, 3.63) is 29.8 Å². The minimum absolute atomic E-state index is 0.0237. The van der Waals surface area contributed by atoms with Gasteiger partial charge in [0, 0.05) is 18.1 Å². The van der Waals surface area contributed by atoms with Gasteiger partial charge in [-0.3, -0.25) is 4.40 Å². The van der Waals surface area contributed by atoms with Crippen LogP contribution in [0.1, 0.15) is 35.9 Å². The molecule has 5 nitrogen and oxygen atoms in total. The van der Waals surface area contributed by atoms with Gasteiger partial charge < -0.3 is 5.11 Å². The molecular weight excluding hydrogens is 194 g/mol. The van der Waals surface area contributed by atoms with Crippen molar-refractivity contribution in [2.45, 2.75) is 19.8 Å². The zero-order chi connectivity index (χ0) is 11.0. The van der Waals surface area contributed by atoms with Crippen molar-refractivity contribution >= 4 is 11.7 Å². The van der Waals surface area contributed by atoms with Gasteiger partial charge in [-0.15, -0.1) is 0 Å². The molecule has 5 heteroatoms. The van der Waals surface area contributed by atoms with E-state index in [0.29, 0.717) is 11.7 Å². The maximum atomic E-state index is 10.7. The highest BCUT2D eigenvalue weighted by Crippen LogP contribution is 2.15. The Kier molecular flexibility index (Phi) is 2.15. The Morgan fingerprint density at radius 2 is 2.27 bits per heavy atom. The third kappa shape index (κ3) is 1.56. The number of fused-ring (bicyclic) bond motifs is 1. The van der Waals surface area contributed by atoms with Crippen LogP contribution in [0.25, 0.3) is 5.78 Å². The van der Waals surface area contributed by atoms with E-state index in [0.717, 1.165) is 5.69 Å². The van der Waals surface area contributed by atoms with Crippen LogP contribution in [0.15, 0.2) is 18.5 Å². The summed E-state index contributed by atoms with van der Waals surface area (Å²) < 4.78 is 1.72. The lowest BCUT2D eigenvalue weighted by atomic mass is 10.1. The maximum Gasteiger partial charge on any atom is 0.356 e. The Hall–Kier alpha value is -1.91. The summed E-state index contributed by atoms with van der Waals surface area (Å²) >= 11 is 0.